The lowest BCUT2D eigenvalue weighted by Gasteiger charge is -2.43. The summed E-state index contributed by atoms with van der Waals surface area (Å²) in [5.74, 6) is 0.0640. The van der Waals surface area contributed by atoms with Crippen LogP contribution >= 0.6 is 24.0 Å². The molecule has 1 aliphatic carbocycles. The van der Waals surface area contributed by atoms with Gasteiger partial charge >= 0.3 is 0 Å². The van der Waals surface area contributed by atoms with E-state index in [4.69, 9.17) is 22.1 Å². The van der Waals surface area contributed by atoms with E-state index >= 15 is 0 Å². The topological polar surface area (TPSA) is 89.7 Å². The van der Waals surface area contributed by atoms with Crippen LogP contribution < -0.4 is 5.73 Å². The highest BCUT2D eigenvalue weighted by atomic mass is 35.5. The van der Waals surface area contributed by atoms with Gasteiger partial charge in [-0.3, -0.25) is 4.79 Å². The number of ether oxygens (including phenoxy) is 1. The van der Waals surface area contributed by atoms with Crippen LogP contribution in [0.1, 0.15) is 43.2 Å². The van der Waals surface area contributed by atoms with E-state index in [9.17, 15) is 13.2 Å². The van der Waals surface area contributed by atoms with Crippen molar-refractivity contribution in [2.45, 2.75) is 54.9 Å². The van der Waals surface area contributed by atoms with Crippen molar-refractivity contribution < 1.29 is 17.9 Å². The van der Waals surface area contributed by atoms with E-state index in [1.165, 1.54) is 6.26 Å². The van der Waals surface area contributed by atoms with Gasteiger partial charge in [0, 0.05) is 42.9 Å². The molecule has 0 bridgehead atoms. The number of sulfone groups is 1. The second kappa shape index (κ2) is 13.1. The predicted molar refractivity (Wildman–Crippen MR) is 143 cm³/mol. The van der Waals surface area contributed by atoms with Crippen LogP contribution in [0.4, 0.5) is 0 Å². The van der Waals surface area contributed by atoms with Crippen LogP contribution in [0.15, 0.2) is 53.4 Å². The number of rotatable bonds is 10. The fourth-order valence-corrected chi connectivity index (χ4v) is 5.80. The molecule has 6 nitrogen and oxygen atoms in total. The Morgan fingerprint density at radius 2 is 1.86 bits per heavy atom. The van der Waals surface area contributed by atoms with Crippen molar-refractivity contribution in [3.8, 4) is 0 Å². The van der Waals surface area contributed by atoms with Crippen molar-refractivity contribution in [2.75, 3.05) is 33.1 Å². The Hall–Kier alpha value is -1.64. The van der Waals surface area contributed by atoms with Crippen molar-refractivity contribution >= 4 is 39.8 Å². The summed E-state index contributed by atoms with van der Waals surface area (Å²) >= 11 is 6.25. The maximum atomic E-state index is 13.1. The third-order valence-electron chi connectivity index (χ3n) is 6.99. The first-order valence-corrected chi connectivity index (χ1v) is 14.0. The molecule has 9 heteroatoms. The fourth-order valence-electron chi connectivity index (χ4n) is 4.92. The highest BCUT2D eigenvalue weighted by Crippen LogP contribution is 2.41. The van der Waals surface area contributed by atoms with Gasteiger partial charge in [0.2, 0.25) is 5.91 Å². The lowest BCUT2D eigenvalue weighted by molar-refractivity contribution is -0.135. The monoisotopic (exact) mass is 542 g/mol. The van der Waals surface area contributed by atoms with Gasteiger partial charge in [0.15, 0.2) is 9.84 Å². The van der Waals surface area contributed by atoms with Crippen LogP contribution in [-0.4, -0.2) is 58.3 Å². The Bertz CT molecular complexity index is 1090. The molecule has 0 unspecified atom stereocenters. The largest absolute Gasteiger partial charge is 0.384 e. The molecule has 0 aromatic heterocycles. The van der Waals surface area contributed by atoms with E-state index in [1.807, 2.05) is 29.2 Å². The first kappa shape index (κ1) is 29.6. The van der Waals surface area contributed by atoms with Crippen LogP contribution in [0.5, 0.6) is 0 Å². The Morgan fingerprint density at radius 3 is 2.46 bits per heavy atom. The third-order valence-corrected chi connectivity index (χ3v) is 8.33. The first-order valence-electron chi connectivity index (χ1n) is 11.7. The Labute approximate surface area is 220 Å². The molecule has 1 amide bonds. The minimum absolute atomic E-state index is 0. The molecular weight excluding hydrogens is 507 g/mol. The average Bonchev–Trinajstić information content (AvgIpc) is 2.83. The number of nitrogens with two attached hydrogens (primary N) is 1. The van der Waals surface area contributed by atoms with Crippen molar-refractivity contribution in [1.29, 1.82) is 0 Å². The van der Waals surface area contributed by atoms with Crippen molar-refractivity contribution in [3.05, 3.63) is 64.7 Å². The lowest BCUT2D eigenvalue weighted by Crippen LogP contribution is -2.48. The zero-order valence-corrected chi connectivity index (χ0v) is 22.8. The number of amides is 1. The summed E-state index contributed by atoms with van der Waals surface area (Å²) < 4.78 is 29.0. The van der Waals surface area contributed by atoms with E-state index in [-0.39, 0.29) is 29.8 Å². The summed E-state index contributed by atoms with van der Waals surface area (Å²) in [4.78, 5) is 15.4. The SMILES string of the molecule is COCCC(=O)N(CCc1cccc(S(C)(=O)=O)c1)[C@H]1CC[C@@](CN)(c2cccc(Cl)c2)CC1.Cl. The van der Waals surface area contributed by atoms with E-state index in [0.717, 1.165) is 36.8 Å². The maximum Gasteiger partial charge on any atom is 0.225 e. The van der Waals surface area contributed by atoms with Gasteiger partial charge in [-0.05, 0) is 67.5 Å². The van der Waals surface area contributed by atoms with Gasteiger partial charge in [-0.25, -0.2) is 8.42 Å². The van der Waals surface area contributed by atoms with Crippen LogP contribution in [0, 0.1) is 0 Å². The molecule has 2 aromatic carbocycles. The van der Waals surface area contributed by atoms with Crippen molar-refractivity contribution in [2.24, 2.45) is 5.73 Å². The second-order valence-corrected chi connectivity index (χ2v) is 11.7. The molecule has 194 valence electrons. The number of carbonyl (C=O) groups excluding carboxylic acids is 1. The van der Waals surface area contributed by atoms with Gasteiger partial charge in [-0.2, -0.15) is 0 Å². The minimum atomic E-state index is -3.28. The number of hydrogen-bond donors (Lipinski definition) is 1. The average molecular weight is 544 g/mol. The van der Waals surface area contributed by atoms with E-state index in [1.54, 1.807) is 25.3 Å². The predicted octanol–water partition coefficient (Wildman–Crippen LogP) is 4.41. The second-order valence-electron chi connectivity index (χ2n) is 9.23. The third kappa shape index (κ3) is 7.67. The number of halogens is 2. The van der Waals surface area contributed by atoms with E-state index in [0.29, 0.717) is 42.5 Å². The standard InChI is InChI=1S/C26H35ClN2O4S.ClH/c1-33-16-12-25(30)29(15-11-20-5-3-8-24(17-20)34(2,31)32)23-9-13-26(19-28,14-10-23)21-6-4-7-22(27)18-21;/h3-8,17-18,23H,9-16,19,28H2,1-2H3;1H/t23-,26+;. The number of carbonyl (C=O) groups is 1. The molecule has 0 saturated heterocycles. The molecule has 0 heterocycles. The van der Waals surface area contributed by atoms with Crippen molar-refractivity contribution in [3.63, 3.8) is 0 Å². The van der Waals surface area contributed by atoms with Gasteiger partial charge in [-0.1, -0.05) is 35.9 Å². The molecule has 1 saturated carbocycles. The lowest BCUT2D eigenvalue weighted by atomic mass is 9.68. The molecule has 1 fully saturated rings. The Balaban J connectivity index is 0.00000432. The molecule has 2 N–H and O–H groups in total. The zero-order valence-electron chi connectivity index (χ0n) is 20.4. The first-order chi connectivity index (χ1) is 16.2. The summed E-state index contributed by atoms with van der Waals surface area (Å²) in [5.41, 5.74) is 8.19. The smallest absolute Gasteiger partial charge is 0.225 e. The van der Waals surface area contributed by atoms with E-state index < -0.39 is 9.84 Å². The normalized spacial score (nSPS) is 20.2. The molecular formula is C26H36Cl2N2O4S. The number of hydrogen-bond acceptors (Lipinski definition) is 5. The summed E-state index contributed by atoms with van der Waals surface area (Å²) in [5, 5.41) is 0.708. The van der Waals surface area contributed by atoms with Gasteiger partial charge in [0.25, 0.3) is 0 Å². The number of nitrogens with zero attached hydrogens (tertiary/aromatic N) is 1. The van der Waals surface area contributed by atoms with Crippen LogP contribution in [0.3, 0.4) is 0 Å². The minimum Gasteiger partial charge on any atom is -0.384 e. The Kier molecular flexibility index (Phi) is 11.0. The molecule has 2 aromatic rings. The summed E-state index contributed by atoms with van der Waals surface area (Å²) in [6, 6.07) is 15.0. The molecule has 0 radical (unpaired) electrons. The molecule has 1 aliphatic rings. The highest BCUT2D eigenvalue weighted by molar-refractivity contribution is 7.90. The zero-order chi connectivity index (χ0) is 24.8. The molecule has 35 heavy (non-hydrogen) atoms. The number of benzene rings is 2. The highest BCUT2D eigenvalue weighted by Gasteiger charge is 2.38. The van der Waals surface area contributed by atoms with Gasteiger partial charge in [-0.15, -0.1) is 12.4 Å². The molecule has 3 rings (SSSR count). The maximum absolute atomic E-state index is 13.1. The molecule has 0 spiro atoms. The van der Waals surface area contributed by atoms with Crippen LogP contribution in [0.2, 0.25) is 5.02 Å². The molecule has 0 aliphatic heterocycles. The van der Waals surface area contributed by atoms with Crippen LogP contribution in [-0.2, 0) is 31.2 Å². The quantitative estimate of drug-likeness (QED) is 0.480. The van der Waals surface area contributed by atoms with Crippen molar-refractivity contribution in [1.82, 2.24) is 4.90 Å². The summed E-state index contributed by atoms with van der Waals surface area (Å²) in [7, 11) is -1.68. The summed E-state index contributed by atoms with van der Waals surface area (Å²) in [6.45, 7) is 1.45. The van der Waals surface area contributed by atoms with E-state index in [2.05, 4.69) is 6.07 Å². The Morgan fingerprint density at radius 1 is 1.17 bits per heavy atom. The van der Waals surface area contributed by atoms with Gasteiger partial charge in [0.05, 0.1) is 17.9 Å². The molecule has 0 atom stereocenters. The number of methoxy groups -OCH3 is 1. The summed E-state index contributed by atoms with van der Waals surface area (Å²) in [6.07, 6.45) is 5.59. The van der Waals surface area contributed by atoms with Crippen LogP contribution in [0.25, 0.3) is 0 Å². The van der Waals surface area contributed by atoms with Gasteiger partial charge < -0.3 is 15.4 Å². The van der Waals surface area contributed by atoms with Gasteiger partial charge in [0.1, 0.15) is 0 Å². The fraction of sp³-hybridized carbons (Fsp3) is 0.500.